The molecule has 1 heterocycles. The lowest BCUT2D eigenvalue weighted by atomic mass is 10.2. The Bertz CT molecular complexity index is 919. The zero-order valence-corrected chi connectivity index (χ0v) is 17.4. The molecule has 0 saturated carbocycles. The van der Waals surface area contributed by atoms with Crippen LogP contribution >= 0.6 is 0 Å². The summed E-state index contributed by atoms with van der Waals surface area (Å²) in [7, 11) is -3.62. The molecule has 7 nitrogen and oxygen atoms in total. The molecule has 0 bridgehead atoms. The first-order valence-electron chi connectivity index (χ1n) is 9.63. The lowest BCUT2D eigenvalue weighted by Gasteiger charge is -2.12. The number of hydrogen-bond donors (Lipinski definition) is 2. The van der Waals surface area contributed by atoms with E-state index in [9.17, 15) is 13.2 Å². The van der Waals surface area contributed by atoms with Gasteiger partial charge in [0.05, 0.1) is 17.1 Å². The topological polar surface area (TPSA) is 93.7 Å². The summed E-state index contributed by atoms with van der Waals surface area (Å²) in [6.45, 7) is 4.80. The number of sulfonamides is 1. The van der Waals surface area contributed by atoms with Crippen molar-refractivity contribution in [2.24, 2.45) is 0 Å². The van der Waals surface area contributed by atoms with Gasteiger partial charge in [-0.3, -0.25) is 4.79 Å². The van der Waals surface area contributed by atoms with Crippen LogP contribution in [0.3, 0.4) is 0 Å². The highest BCUT2D eigenvalue weighted by atomic mass is 32.2. The summed E-state index contributed by atoms with van der Waals surface area (Å²) in [5.41, 5.74) is 0.992. The fourth-order valence-corrected chi connectivity index (χ4v) is 4.04. The lowest BCUT2D eigenvalue weighted by Crippen LogP contribution is -2.31. The van der Waals surface area contributed by atoms with Crippen molar-refractivity contribution in [3.63, 3.8) is 0 Å². The number of carbonyl (C=O) groups is 1. The second-order valence-electron chi connectivity index (χ2n) is 7.16. The second-order valence-corrected chi connectivity index (χ2v) is 8.92. The van der Waals surface area contributed by atoms with Crippen LogP contribution in [0.1, 0.15) is 37.0 Å². The van der Waals surface area contributed by atoms with Crippen LogP contribution in [0.5, 0.6) is 5.75 Å². The number of hydrogen-bond acceptors (Lipinski definition) is 5. The average Bonchev–Trinajstić information content (AvgIpc) is 3.21. The minimum Gasteiger partial charge on any atom is -0.491 e. The zero-order valence-electron chi connectivity index (χ0n) is 16.6. The van der Waals surface area contributed by atoms with E-state index in [-0.39, 0.29) is 29.6 Å². The van der Waals surface area contributed by atoms with Gasteiger partial charge in [-0.25, -0.2) is 13.1 Å². The van der Waals surface area contributed by atoms with Crippen molar-refractivity contribution in [2.75, 3.05) is 18.5 Å². The molecular weight excluding hydrogens is 392 g/mol. The molecule has 1 amide bonds. The van der Waals surface area contributed by atoms with E-state index in [1.807, 2.05) is 13.8 Å². The first kappa shape index (κ1) is 21.3. The van der Waals surface area contributed by atoms with E-state index in [1.54, 1.807) is 36.4 Å². The summed E-state index contributed by atoms with van der Waals surface area (Å²) in [4.78, 5) is 12.5. The standard InChI is InChI=1S/C21H26N2O5S/c1-15(2)28-18-9-5-16(6-10-18)21(24)23-17-7-11-20(12-8-17)29(25,26)22-14-19-4-3-13-27-19/h5-12,15,19,22H,3-4,13-14H2,1-2H3,(H,23,24). The Morgan fingerprint density at radius 3 is 2.41 bits per heavy atom. The predicted molar refractivity (Wildman–Crippen MR) is 111 cm³/mol. The Balaban J connectivity index is 1.58. The summed E-state index contributed by atoms with van der Waals surface area (Å²) in [5, 5.41) is 2.76. The second kappa shape index (κ2) is 9.39. The van der Waals surface area contributed by atoms with Gasteiger partial charge in [0.1, 0.15) is 5.75 Å². The number of anilines is 1. The molecule has 29 heavy (non-hydrogen) atoms. The monoisotopic (exact) mass is 418 g/mol. The van der Waals surface area contributed by atoms with E-state index in [1.165, 1.54) is 12.1 Å². The van der Waals surface area contributed by atoms with Gasteiger partial charge in [0.2, 0.25) is 10.0 Å². The number of nitrogens with one attached hydrogen (secondary N) is 2. The number of carbonyl (C=O) groups excluding carboxylic acids is 1. The molecule has 0 aliphatic carbocycles. The molecule has 1 fully saturated rings. The summed E-state index contributed by atoms with van der Waals surface area (Å²) >= 11 is 0. The minimum absolute atomic E-state index is 0.0599. The Hall–Kier alpha value is -2.42. The van der Waals surface area contributed by atoms with Crippen molar-refractivity contribution in [3.8, 4) is 5.75 Å². The molecule has 1 unspecified atom stereocenters. The zero-order chi connectivity index (χ0) is 20.9. The summed E-state index contributed by atoms with van der Waals surface area (Å²) in [6, 6.07) is 12.9. The van der Waals surface area contributed by atoms with E-state index in [4.69, 9.17) is 9.47 Å². The number of rotatable bonds is 8. The quantitative estimate of drug-likeness (QED) is 0.687. The van der Waals surface area contributed by atoms with Gasteiger partial charge >= 0.3 is 0 Å². The lowest BCUT2D eigenvalue weighted by molar-refractivity contribution is 0.102. The fourth-order valence-electron chi connectivity index (χ4n) is 2.97. The fraction of sp³-hybridized carbons (Fsp3) is 0.381. The van der Waals surface area contributed by atoms with E-state index in [2.05, 4.69) is 10.0 Å². The molecule has 2 N–H and O–H groups in total. The van der Waals surface area contributed by atoms with Crippen molar-refractivity contribution >= 4 is 21.6 Å². The molecule has 2 aromatic carbocycles. The maximum absolute atomic E-state index is 12.4. The first-order valence-corrected chi connectivity index (χ1v) is 11.1. The minimum atomic E-state index is -3.62. The number of benzene rings is 2. The normalized spacial score (nSPS) is 16.7. The third-order valence-electron chi connectivity index (χ3n) is 4.44. The molecule has 0 spiro atoms. The van der Waals surface area contributed by atoms with Gasteiger partial charge in [-0.15, -0.1) is 0 Å². The van der Waals surface area contributed by atoms with Gasteiger partial charge in [-0.2, -0.15) is 0 Å². The molecule has 1 saturated heterocycles. The van der Waals surface area contributed by atoms with Crippen LogP contribution in [0, 0.1) is 0 Å². The highest BCUT2D eigenvalue weighted by Gasteiger charge is 2.20. The first-order chi connectivity index (χ1) is 13.8. The Labute approximate surface area is 171 Å². The van der Waals surface area contributed by atoms with Crippen molar-refractivity contribution in [1.29, 1.82) is 0 Å². The molecule has 8 heteroatoms. The van der Waals surface area contributed by atoms with Crippen molar-refractivity contribution in [1.82, 2.24) is 4.72 Å². The van der Waals surface area contributed by atoms with E-state index < -0.39 is 10.0 Å². The van der Waals surface area contributed by atoms with Crippen LogP contribution in [0.15, 0.2) is 53.4 Å². The van der Waals surface area contributed by atoms with Crippen molar-refractivity contribution < 1.29 is 22.7 Å². The maximum atomic E-state index is 12.4. The van der Waals surface area contributed by atoms with E-state index in [0.29, 0.717) is 23.6 Å². The Morgan fingerprint density at radius 2 is 1.83 bits per heavy atom. The van der Waals surface area contributed by atoms with Gasteiger partial charge in [0.25, 0.3) is 5.91 Å². The van der Waals surface area contributed by atoms with Crippen LogP contribution in [0.4, 0.5) is 5.69 Å². The predicted octanol–water partition coefficient (Wildman–Crippen LogP) is 3.18. The molecular formula is C21H26N2O5S. The molecule has 156 valence electrons. The highest BCUT2D eigenvalue weighted by molar-refractivity contribution is 7.89. The van der Waals surface area contributed by atoms with Gasteiger partial charge in [0.15, 0.2) is 0 Å². The van der Waals surface area contributed by atoms with Crippen molar-refractivity contribution in [2.45, 2.75) is 43.8 Å². The Kier molecular flexibility index (Phi) is 6.89. The summed E-state index contributed by atoms with van der Waals surface area (Å²) in [5.74, 6) is 0.412. The summed E-state index contributed by atoms with van der Waals surface area (Å²) < 4.78 is 38.3. The smallest absolute Gasteiger partial charge is 0.255 e. The van der Waals surface area contributed by atoms with Crippen LogP contribution in [0.25, 0.3) is 0 Å². The third-order valence-corrected chi connectivity index (χ3v) is 5.88. The van der Waals surface area contributed by atoms with Crippen LogP contribution < -0.4 is 14.8 Å². The molecule has 0 aromatic heterocycles. The Morgan fingerprint density at radius 1 is 1.14 bits per heavy atom. The average molecular weight is 419 g/mol. The third kappa shape index (κ3) is 6.03. The van der Waals surface area contributed by atoms with Crippen LogP contribution in [-0.4, -0.2) is 39.7 Å². The largest absolute Gasteiger partial charge is 0.491 e. The van der Waals surface area contributed by atoms with Crippen molar-refractivity contribution in [3.05, 3.63) is 54.1 Å². The molecule has 1 aliphatic rings. The molecule has 2 aromatic rings. The molecule has 1 aliphatic heterocycles. The van der Waals surface area contributed by atoms with Gasteiger partial charge < -0.3 is 14.8 Å². The van der Waals surface area contributed by atoms with E-state index >= 15 is 0 Å². The molecule has 0 radical (unpaired) electrons. The number of amides is 1. The SMILES string of the molecule is CC(C)Oc1ccc(C(=O)Nc2ccc(S(=O)(=O)NCC3CCCO3)cc2)cc1. The van der Waals surface area contributed by atoms with Crippen LogP contribution in [-0.2, 0) is 14.8 Å². The van der Waals surface area contributed by atoms with Crippen LogP contribution in [0.2, 0.25) is 0 Å². The molecule has 1 atom stereocenters. The van der Waals surface area contributed by atoms with E-state index in [0.717, 1.165) is 12.8 Å². The number of ether oxygens (including phenoxy) is 2. The van der Waals surface area contributed by atoms with Gasteiger partial charge in [0, 0.05) is 24.4 Å². The van der Waals surface area contributed by atoms with Gasteiger partial charge in [-0.05, 0) is 75.2 Å². The highest BCUT2D eigenvalue weighted by Crippen LogP contribution is 2.18. The van der Waals surface area contributed by atoms with Gasteiger partial charge in [-0.1, -0.05) is 0 Å². The molecule has 3 rings (SSSR count). The summed E-state index contributed by atoms with van der Waals surface area (Å²) in [6.07, 6.45) is 1.80. The maximum Gasteiger partial charge on any atom is 0.255 e.